The molecule has 0 bridgehead atoms. The topological polar surface area (TPSA) is 69.2 Å². The Bertz CT molecular complexity index is 667. The lowest BCUT2D eigenvalue weighted by atomic mass is 10.0. The highest BCUT2D eigenvalue weighted by Gasteiger charge is 2.24. The molecule has 30 heavy (non-hydrogen) atoms. The molecular formula is C23H39N5O2. The quantitative estimate of drug-likeness (QED) is 0.503. The van der Waals surface area contributed by atoms with Gasteiger partial charge in [-0.1, -0.05) is 31.2 Å². The van der Waals surface area contributed by atoms with Crippen LogP contribution in [0.2, 0.25) is 0 Å². The Morgan fingerprint density at radius 1 is 1.20 bits per heavy atom. The highest BCUT2D eigenvalue weighted by atomic mass is 16.6. The minimum Gasteiger partial charge on any atom is -0.450 e. The third-order valence-electron chi connectivity index (χ3n) is 5.52. The summed E-state index contributed by atoms with van der Waals surface area (Å²) < 4.78 is 5.11. The van der Waals surface area contributed by atoms with Crippen LogP contribution in [0, 0.1) is 0 Å². The summed E-state index contributed by atoms with van der Waals surface area (Å²) in [4.78, 5) is 20.8. The van der Waals surface area contributed by atoms with Gasteiger partial charge in [-0.25, -0.2) is 4.79 Å². The zero-order valence-corrected chi connectivity index (χ0v) is 19.3. The van der Waals surface area contributed by atoms with Crippen molar-refractivity contribution in [2.24, 2.45) is 4.99 Å². The van der Waals surface area contributed by atoms with Crippen LogP contribution in [0.25, 0.3) is 0 Å². The Morgan fingerprint density at radius 3 is 2.40 bits per heavy atom. The van der Waals surface area contributed by atoms with Crippen molar-refractivity contribution in [1.29, 1.82) is 0 Å². The number of aliphatic imine (C=N–C) groups is 1. The van der Waals surface area contributed by atoms with Crippen molar-refractivity contribution < 1.29 is 9.53 Å². The Balaban J connectivity index is 1.97. The van der Waals surface area contributed by atoms with Gasteiger partial charge < -0.3 is 25.2 Å². The minimum absolute atomic E-state index is 0.209. The molecule has 168 valence electrons. The van der Waals surface area contributed by atoms with E-state index in [2.05, 4.69) is 67.7 Å². The van der Waals surface area contributed by atoms with Crippen molar-refractivity contribution in [3.8, 4) is 0 Å². The first kappa shape index (κ1) is 24.0. The molecule has 1 aliphatic rings. The molecule has 0 aliphatic carbocycles. The highest BCUT2D eigenvalue weighted by Crippen LogP contribution is 2.19. The van der Waals surface area contributed by atoms with Gasteiger partial charge in [0.1, 0.15) is 0 Å². The zero-order chi connectivity index (χ0) is 21.9. The van der Waals surface area contributed by atoms with E-state index >= 15 is 0 Å². The molecule has 0 saturated carbocycles. The number of ether oxygens (including phenoxy) is 1. The Morgan fingerprint density at radius 2 is 1.87 bits per heavy atom. The summed E-state index contributed by atoms with van der Waals surface area (Å²) in [5.41, 5.74) is 2.63. The van der Waals surface area contributed by atoms with Crippen LogP contribution in [0.3, 0.4) is 0 Å². The Labute approximate surface area is 181 Å². The molecule has 0 aromatic heterocycles. The van der Waals surface area contributed by atoms with Crippen LogP contribution in [0.4, 0.5) is 4.79 Å². The third-order valence-corrected chi connectivity index (χ3v) is 5.52. The third kappa shape index (κ3) is 7.20. The van der Waals surface area contributed by atoms with E-state index in [9.17, 15) is 4.79 Å². The van der Waals surface area contributed by atoms with Crippen molar-refractivity contribution in [3.05, 3.63) is 35.4 Å². The van der Waals surface area contributed by atoms with Gasteiger partial charge in [0.25, 0.3) is 0 Å². The lowest BCUT2D eigenvalue weighted by Crippen LogP contribution is -2.50. The largest absolute Gasteiger partial charge is 0.450 e. The number of amides is 1. The van der Waals surface area contributed by atoms with Crippen LogP contribution in [0.5, 0.6) is 0 Å². The fourth-order valence-electron chi connectivity index (χ4n) is 3.65. The standard InChI is InChI=1S/C23H39N5O2/c1-6-18-9-11-19(12-10-18)21(27(4)5)17-25-22(24-7-2)26-20-13-15-28(16-14-20)23(29)30-8-3/h9-12,20-21H,6-8,13-17H2,1-5H3,(H2,24,25,26). The number of hydrogen-bond donors (Lipinski definition) is 2. The normalized spacial score (nSPS) is 16.5. The van der Waals surface area contributed by atoms with Crippen LogP contribution >= 0.6 is 0 Å². The van der Waals surface area contributed by atoms with Crippen molar-refractivity contribution in [2.45, 2.75) is 52.1 Å². The summed E-state index contributed by atoms with van der Waals surface area (Å²) in [5.74, 6) is 0.837. The van der Waals surface area contributed by atoms with Crippen LogP contribution in [-0.2, 0) is 11.2 Å². The Hall–Kier alpha value is -2.28. The van der Waals surface area contributed by atoms with Gasteiger partial charge >= 0.3 is 6.09 Å². The number of carbonyl (C=O) groups excluding carboxylic acids is 1. The fourth-order valence-corrected chi connectivity index (χ4v) is 3.65. The molecule has 1 atom stereocenters. The minimum atomic E-state index is -0.209. The molecular weight excluding hydrogens is 378 g/mol. The molecule has 1 aliphatic heterocycles. The summed E-state index contributed by atoms with van der Waals surface area (Å²) in [6.07, 6.45) is 2.62. The van der Waals surface area contributed by atoms with Gasteiger partial charge in [0.05, 0.1) is 19.2 Å². The second kappa shape index (κ2) is 12.4. The summed E-state index contributed by atoms with van der Waals surface area (Å²) >= 11 is 0. The number of likely N-dealkylation sites (N-methyl/N-ethyl adjacent to an activating group) is 1. The maximum atomic E-state index is 11.9. The monoisotopic (exact) mass is 417 g/mol. The fraction of sp³-hybridized carbons (Fsp3) is 0.652. The van der Waals surface area contributed by atoms with Crippen molar-refractivity contribution in [3.63, 3.8) is 0 Å². The molecule has 1 aromatic rings. The van der Waals surface area contributed by atoms with Gasteiger partial charge in [-0.2, -0.15) is 0 Å². The van der Waals surface area contributed by atoms with Crippen LogP contribution in [0.1, 0.15) is 50.8 Å². The van der Waals surface area contributed by atoms with Crippen LogP contribution in [-0.4, -0.2) is 74.8 Å². The molecule has 1 saturated heterocycles. The summed E-state index contributed by atoms with van der Waals surface area (Å²) in [6, 6.07) is 9.36. The van der Waals surface area contributed by atoms with E-state index in [0.29, 0.717) is 32.3 Å². The van der Waals surface area contributed by atoms with Crippen LogP contribution < -0.4 is 10.6 Å². The lowest BCUT2D eigenvalue weighted by Gasteiger charge is -2.32. The molecule has 7 nitrogen and oxygen atoms in total. The molecule has 1 amide bonds. The molecule has 0 spiro atoms. The molecule has 7 heteroatoms. The number of piperidine rings is 1. The van der Waals surface area contributed by atoms with Gasteiger partial charge in [0.15, 0.2) is 5.96 Å². The molecule has 2 N–H and O–H groups in total. The smallest absolute Gasteiger partial charge is 0.409 e. The molecule has 1 aromatic carbocycles. The van der Waals surface area contributed by atoms with E-state index in [0.717, 1.165) is 31.8 Å². The second-order valence-corrected chi connectivity index (χ2v) is 7.90. The van der Waals surface area contributed by atoms with Gasteiger partial charge in [-0.3, -0.25) is 4.99 Å². The van der Waals surface area contributed by atoms with E-state index in [1.54, 1.807) is 4.90 Å². The average molecular weight is 418 g/mol. The number of benzene rings is 1. The van der Waals surface area contributed by atoms with E-state index in [1.165, 1.54) is 11.1 Å². The first-order valence-electron chi connectivity index (χ1n) is 11.2. The Kier molecular flexibility index (Phi) is 9.94. The summed E-state index contributed by atoms with van der Waals surface area (Å²) in [5, 5.41) is 6.92. The molecule has 1 unspecified atom stereocenters. The first-order chi connectivity index (χ1) is 14.5. The number of guanidine groups is 1. The van der Waals surface area contributed by atoms with E-state index in [4.69, 9.17) is 9.73 Å². The second-order valence-electron chi connectivity index (χ2n) is 7.90. The number of carbonyl (C=O) groups is 1. The van der Waals surface area contributed by atoms with E-state index in [1.807, 2.05) is 6.92 Å². The summed E-state index contributed by atoms with van der Waals surface area (Å²) in [6.45, 7) is 9.41. The number of nitrogens with one attached hydrogen (secondary N) is 2. The van der Waals surface area contributed by atoms with Crippen molar-refractivity contribution >= 4 is 12.1 Å². The number of nitrogens with zero attached hydrogens (tertiary/aromatic N) is 3. The highest BCUT2D eigenvalue weighted by molar-refractivity contribution is 5.80. The molecule has 1 fully saturated rings. The first-order valence-corrected chi connectivity index (χ1v) is 11.2. The van der Waals surface area contributed by atoms with Crippen LogP contribution in [0.15, 0.2) is 29.3 Å². The SMILES string of the molecule is CCNC(=NCC(c1ccc(CC)cc1)N(C)C)NC1CCN(C(=O)OCC)CC1. The molecule has 1 heterocycles. The number of aryl methyl sites for hydroxylation is 1. The van der Waals surface area contributed by atoms with E-state index in [-0.39, 0.29) is 12.1 Å². The predicted octanol–water partition coefficient (Wildman–Crippen LogP) is 3.03. The van der Waals surface area contributed by atoms with Gasteiger partial charge in [-0.15, -0.1) is 0 Å². The molecule has 0 radical (unpaired) electrons. The molecule has 2 rings (SSSR count). The zero-order valence-electron chi connectivity index (χ0n) is 19.3. The maximum absolute atomic E-state index is 11.9. The number of likely N-dealkylation sites (tertiary alicyclic amines) is 1. The predicted molar refractivity (Wildman–Crippen MR) is 123 cm³/mol. The van der Waals surface area contributed by atoms with Gasteiger partial charge in [0, 0.05) is 25.7 Å². The lowest BCUT2D eigenvalue weighted by molar-refractivity contribution is 0.0963. The van der Waals surface area contributed by atoms with E-state index < -0.39 is 0 Å². The summed E-state index contributed by atoms with van der Waals surface area (Å²) in [7, 11) is 4.19. The van der Waals surface area contributed by atoms with Crippen molar-refractivity contribution in [2.75, 3.05) is 46.9 Å². The van der Waals surface area contributed by atoms with Gasteiger partial charge in [-0.05, 0) is 58.3 Å². The maximum Gasteiger partial charge on any atom is 0.409 e. The number of rotatable bonds is 8. The number of hydrogen-bond acceptors (Lipinski definition) is 4. The van der Waals surface area contributed by atoms with Gasteiger partial charge in [0.2, 0.25) is 0 Å². The van der Waals surface area contributed by atoms with Crippen molar-refractivity contribution in [1.82, 2.24) is 20.4 Å². The average Bonchev–Trinajstić information content (AvgIpc) is 2.75.